The second-order valence-electron chi connectivity index (χ2n) is 4.78. The maximum Gasteiger partial charge on any atom is 0.323 e. The smallest absolute Gasteiger partial charge is 0.323 e. The minimum atomic E-state index is -0.271. The lowest BCUT2D eigenvalue weighted by molar-refractivity contribution is 0.101. The van der Waals surface area contributed by atoms with E-state index >= 15 is 0 Å². The number of thiazole rings is 1. The van der Waals surface area contributed by atoms with Crippen LogP contribution in [0, 0.1) is 6.92 Å². The van der Waals surface area contributed by atoms with Crippen LogP contribution in [0.3, 0.4) is 0 Å². The van der Waals surface area contributed by atoms with Crippen molar-refractivity contribution in [2.45, 2.75) is 20.3 Å². The lowest BCUT2D eigenvalue weighted by Gasteiger charge is -2.16. The van der Waals surface area contributed by atoms with Crippen LogP contribution in [0.1, 0.15) is 28.0 Å². The van der Waals surface area contributed by atoms with Gasteiger partial charge in [0.1, 0.15) is 5.69 Å². The number of urea groups is 1. The SMILES string of the molecule is CC(=O)c1nc(NC(=O)N(C)CCc2cnccn2)sc1C. The normalized spacial score (nSPS) is 10.3. The molecule has 116 valence electrons. The van der Waals surface area contributed by atoms with Gasteiger partial charge in [-0.15, -0.1) is 11.3 Å². The number of hydrogen-bond donors (Lipinski definition) is 1. The van der Waals surface area contributed by atoms with E-state index in [1.807, 2.05) is 6.92 Å². The molecule has 0 fully saturated rings. The van der Waals surface area contributed by atoms with Crippen molar-refractivity contribution in [3.63, 3.8) is 0 Å². The van der Waals surface area contributed by atoms with E-state index in [0.717, 1.165) is 10.6 Å². The van der Waals surface area contributed by atoms with Crippen LogP contribution in [0.25, 0.3) is 0 Å². The third-order valence-electron chi connectivity index (χ3n) is 3.01. The van der Waals surface area contributed by atoms with E-state index in [4.69, 9.17) is 0 Å². The molecule has 0 bridgehead atoms. The van der Waals surface area contributed by atoms with Crippen LogP contribution in [-0.2, 0) is 6.42 Å². The van der Waals surface area contributed by atoms with Crippen LogP contribution in [0.5, 0.6) is 0 Å². The molecule has 22 heavy (non-hydrogen) atoms. The van der Waals surface area contributed by atoms with Gasteiger partial charge in [0.05, 0.1) is 5.69 Å². The molecule has 2 rings (SSSR count). The number of Topliss-reactive ketones (excluding diaryl/α,β-unsaturated/α-hetero) is 1. The maximum absolute atomic E-state index is 12.1. The Morgan fingerprint density at radius 3 is 2.73 bits per heavy atom. The highest BCUT2D eigenvalue weighted by molar-refractivity contribution is 7.16. The Bertz CT molecular complexity index is 671. The van der Waals surface area contributed by atoms with E-state index in [-0.39, 0.29) is 11.8 Å². The van der Waals surface area contributed by atoms with E-state index in [1.165, 1.54) is 18.3 Å². The molecule has 0 saturated carbocycles. The topological polar surface area (TPSA) is 88.1 Å². The van der Waals surface area contributed by atoms with E-state index < -0.39 is 0 Å². The van der Waals surface area contributed by atoms with Crippen molar-refractivity contribution in [3.8, 4) is 0 Å². The molecule has 0 aliphatic carbocycles. The second kappa shape index (κ2) is 7.08. The van der Waals surface area contributed by atoms with Crippen molar-refractivity contribution in [1.82, 2.24) is 19.9 Å². The first-order chi connectivity index (χ1) is 10.5. The van der Waals surface area contributed by atoms with Gasteiger partial charge in [0.15, 0.2) is 10.9 Å². The Morgan fingerprint density at radius 2 is 2.14 bits per heavy atom. The van der Waals surface area contributed by atoms with Crippen LogP contribution in [0.4, 0.5) is 9.93 Å². The number of rotatable bonds is 5. The van der Waals surface area contributed by atoms with Crippen molar-refractivity contribution in [2.24, 2.45) is 0 Å². The van der Waals surface area contributed by atoms with Crippen molar-refractivity contribution in [3.05, 3.63) is 34.9 Å². The Labute approximate surface area is 132 Å². The lowest BCUT2D eigenvalue weighted by Crippen LogP contribution is -2.33. The molecule has 0 spiro atoms. The molecular weight excluding hydrogens is 302 g/mol. The number of amides is 2. The molecule has 2 amide bonds. The van der Waals surface area contributed by atoms with Crippen LogP contribution < -0.4 is 5.32 Å². The van der Waals surface area contributed by atoms with E-state index in [1.54, 1.807) is 30.5 Å². The number of aryl methyl sites for hydroxylation is 1. The molecule has 2 heterocycles. The summed E-state index contributed by atoms with van der Waals surface area (Å²) in [6.45, 7) is 3.77. The molecule has 0 atom stereocenters. The summed E-state index contributed by atoms with van der Waals surface area (Å²) >= 11 is 1.29. The van der Waals surface area contributed by atoms with Gasteiger partial charge in [0.25, 0.3) is 0 Å². The van der Waals surface area contributed by atoms with Crippen LogP contribution in [-0.4, -0.2) is 45.3 Å². The molecule has 7 nitrogen and oxygen atoms in total. The average Bonchev–Trinajstić information content (AvgIpc) is 2.86. The van der Waals surface area contributed by atoms with Gasteiger partial charge in [0.2, 0.25) is 0 Å². The van der Waals surface area contributed by atoms with Gasteiger partial charge < -0.3 is 4.90 Å². The maximum atomic E-state index is 12.1. The first kappa shape index (κ1) is 16.0. The molecule has 0 aliphatic heterocycles. The molecule has 0 unspecified atom stereocenters. The summed E-state index contributed by atoms with van der Waals surface area (Å²) in [5.41, 5.74) is 1.23. The van der Waals surface area contributed by atoms with Gasteiger partial charge in [-0.2, -0.15) is 0 Å². The highest BCUT2D eigenvalue weighted by Gasteiger charge is 2.15. The van der Waals surface area contributed by atoms with Crippen molar-refractivity contribution in [2.75, 3.05) is 18.9 Å². The summed E-state index contributed by atoms with van der Waals surface area (Å²) in [7, 11) is 1.69. The number of hydrogen-bond acceptors (Lipinski definition) is 6. The molecular formula is C14H17N5O2S. The minimum Gasteiger partial charge on any atom is -0.327 e. The van der Waals surface area contributed by atoms with Gasteiger partial charge in [-0.25, -0.2) is 9.78 Å². The first-order valence-corrected chi connectivity index (χ1v) is 7.54. The minimum absolute atomic E-state index is 0.106. The summed E-state index contributed by atoms with van der Waals surface area (Å²) in [6.07, 6.45) is 5.52. The largest absolute Gasteiger partial charge is 0.327 e. The summed E-state index contributed by atoms with van der Waals surface area (Å²) in [6, 6.07) is -0.271. The molecule has 0 radical (unpaired) electrons. The molecule has 0 aromatic carbocycles. The summed E-state index contributed by atoms with van der Waals surface area (Å²) in [5.74, 6) is -0.106. The highest BCUT2D eigenvalue weighted by Crippen LogP contribution is 2.22. The number of nitrogens with zero attached hydrogens (tertiary/aromatic N) is 4. The summed E-state index contributed by atoms with van der Waals surface area (Å²) < 4.78 is 0. The zero-order valence-electron chi connectivity index (χ0n) is 12.7. The second-order valence-corrected chi connectivity index (χ2v) is 5.98. The van der Waals surface area contributed by atoms with Gasteiger partial charge in [-0.1, -0.05) is 0 Å². The van der Waals surface area contributed by atoms with E-state index in [2.05, 4.69) is 20.3 Å². The molecule has 2 aromatic heterocycles. The number of nitrogens with one attached hydrogen (secondary N) is 1. The van der Waals surface area contributed by atoms with Crippen LogP contribution in [0.15, 0.2) is 18.6 Å². The number of likely N-dealkylation sites (N-methyl/N-ethyl adjacent to an activating group) is 1. The monoisotopic (exact) mass is 319 g/mol. The molecule has 0 saturated heterocycles. The van der Waals surface area contributed by atoms with Crippen LogP contribution >= 0.6 is 11.3 Å². The molecule has 0 aliphatic rings. The van der Waals surface area contributed by atoms with Gasteiger partial charge in [0, 0.05) is 50.4 Å². The number of carbonyl (C=O) groups excluding carboxylic acids is 2. The van der Waals surface area contributed by atoms with E-state index in [0.29, 0.717) is 23.8 Å². The van der Waals surface area contributed by atoms with E-state index in [9.17, 15) is 9.59 Å². The van der Waals surface area contributed by atoms with Crippen molar-refractivity contribution in [1.29, 1.82) is 0 Å². The predicted molar refractivity (Wildman–Crippen MR) is 84.2 cm³/mol. The number of anilines is 1. The quantitative estimate of drug-likeness (QED) is 0.853. The third-order valence-corrected chi connectivity index (χ3v) is 3.90. The zero-order chi connectivity index (χ0) is 16.1. The summed E-state index contributed by atoms with van der Waals surface area (Å²) in [5, 5.41) is 3.13. The fraction of sp³-hybridized carbons (Fsp3) is 0.357. The lowest BCUT2D eigenvalue weighted by atomic mass is 10.3. The predicted octanol–water partition coefficient (Wildman–Crippen LogP) is 2.15. The van der Waals surface area contributed by atoms with Crippen LogP contribution in [0.2, 0.25) is 0 Å². The molecule has 8 heteroatoms. The Morgan fingerprint density at radius 1 is 1.36 bits per heavy atom. The molecule has 1 N–H and O–H groups in total. The number of aromatic nitrogens is 3. The zero-order valence-corrected chi connectivity index (χ0v) is 13.5. The molecule has 2 aromatic rings. The van der Waals surface area contributed by atoms with Crippen molar-refractivity contribution >= 4 is 28.3 Å². The van der Waals surface area contributed by atoms with Gasteiger partial charge >= 0.3 is 6.03 Å². The fourth-order valence-electron chi connectivity index (χ4n) is 1.81. The Hall–Kier alpha value is -2.35. The fourth-order valence-corrected chi connectivity index (χ4v) is 2.66. The highest BCUT2D eigenvalue weighted by atomic mass is 32.1. The van der Waals surface area contributed by atoms with Gasteiger partial charge in [-0.05, 0) is 6.92 Å². The Balaban J connectivity index is 1.91. The standard InChI is InChI=1S/C14H17N5O2S/c1-9(20)12-10(2)22-13(17-12)18-14(21)19(3)7-4-11-8-15-5-6-16-11/h5-6,8H,4,7H2,1-3H3,(H,17,18,21). The number of carbonyl (C=O) groups is 2. The van der Waals surface area contributed by atoms with Crippen molar-refractivity contribution < 1.29 is 9.59 Å². The first-order valence-electron chi connectivity index (χ1n) is 6.72. The van der Waals surface area contributed by atoms with Gasteiger partial charge in [-0.3, -0.25) is 20.1 Å². The summed E-state index contributed by atoms with van der Waals surface area (Å²) in [4.78, 5) is 38.1. The number of ketones is 1. The average molecular weight is 319 g/mol. The third kappa shape index (κ3) is 4.08. The Kier molecular flexibility index (Phi) is 5.16.